The predicted molar refractivity (Wildman–Crippen MR) is 45.8 cm³/mol. The van der Waals surface area contributed by atoms with Crippen LogP contribution < -0.4 is 5.32 Å². The summed E-state index contributed by atoms with van der Waals surface area (Å²) < 4.78 is 5.57. The van der Waals surface area contributed by atoms with Gasteiger partial charge in [-0.2, -0.15) is 0 Å². The molecule has 0 saturated carbocycles. The molecule has 1 aliphatic heterocycles. The summed E-state index contributed by atoms with van der Waals surface area (Å²) in [4.78, 5) is 3.96. The van der Waals surface area contributed by atoms with E-state index in [1.54, 1.807) is 12.4 Å². The van der Waals surface area contributed by atoms with E-state index >= 15 is 0 Å². The van der Waals surface area contributed by atoms with Gasteiger partial charge < -0.3 is 10.1 Å². The standard InChI is InChI=1S/C9H12N2O/c1-3-10-4-2-8(1)9-7-11-5-6-12-9/h1-4,9,11H,5-7H2/t9-/m1/s1. The molecule has 2 rings (SSSR count). The van der Waals surface area contributed by atoms with Crippen molar-refractivity contribution in [2.24, 2.45) is 0 Å². The van der Waals surface area contributed by atoms with E-state index in [1.165, 1.54) is 5.56 Å². The zero-order valence-corrected chi connectivity index (χ0v) is 6.86. The van der Waals surface area contributed by atoms with E-state index in [-0.39, 0.29) is 6.10 Å². The second-order valence-electron chi connectivity index (χ2n) is 2.84. The SMILES string of the molecule is c1cc([C@H]2CNCCO2)ccn1. The van der Waals surface area contributed by atoms with Gasteiger partial charge in [-0.05, 0) is 17.7 Å². The fourth-order valence-corrected chi connectivity index (χ4v) is 1.36. The van der Waals surface area contributed by atoms with Gasteiger partial charge in [0.05, 0.1) is 12.7 Å². The average molecular weight is 164 g/mol. The minimum absolute atomic E-state index is 0.210. The number of ether oxygens (including phenoxy) is 1. The summed E-state index contributed by atoms with van der Waals surface area (Å²) in [5, 5.41) is 3.29. The maximum Gasteiger partial charge on any atom is 0.0950 e. The molecular weight excluding hydrogens is 152 g/mol. The zero-order chi connectivity index (χ0) is 8.23. The van der Waals surface area contributed by atoms with Gasteiger partial charge in [-0.15, -0.1) is 0 Å². The van der Waals surface area contributed by atoms with Gasteiger partial charge >= 0.3 is 0 Å². The summed E-state index contributed by atoms with van der Waals surface area (Å²) in [6.07, 6.45) is 3.81. The second kappa shape index (κ2) is 3.65. The van der Waals surface area contributed by atoms with E-state index in [9.17, 15) is 0 Å². The van der Waals surface area contributed by atoms with Crippen molar-refractivity contribution in [1.29, 1.82) is 0 Å². The molecule has 64 valence electrons. The Bertz CT molecular complexity index is 232. The van der Waals surface area contributed by atoms with Crippen molar-refractivity contribution in [2.45, 2.75) is 6.10 Å². The highest BCUT2D eigenvalue weighted by Crippen LogP contribution is 2.16. The molecule has 3 nitrogen and oxygen atoms in total. The monoisotopic (exact) mass is 164 g/mol. The lowest BCUT2D eigenvalue weighted by atomic mass is 10.1. The number of pyridine rings is 1. The smallest absolute Gasteiger partial charge is 0.0950 e. The van der Waals surface area contributed by atoms with Gasteiger partial charge in [0, 0.05) is 25.5 Å². The number of morpholine rings is 1. The third-order valence-electron chi connectivity index (χ3n) is 2.01. The Hall–Kier alpha value is -0.930. The van der Waals surface area contributed by atoms with Crippen LogP contribution in [0, 0.1) is 0 Å². The Labute approximate surface area is 71.8 Å². The molecule has 0 aromatic carbocycles. The van der Waals surface area contributed by atoms with Crippen molar-refractivity contribution in [3.05, 3.63) is 30.1 Å². The topological polar surface area (TPSA) is 34.1 Å². The molecule has 0 amide bonds. The van der Waals surface area contributed by atoms with Crippen LogP contribution in [0.25, 0.3) is 0 Å². The summed E-state index contributed by atoms with van der Waals surface area (Å²) in [6, 6.07) is 4.00. The first kappa shape index (κ1) is 7.71. The molecule has 1 atom stereocenters. The number of nitrogens with zero attached hydrogens (tertiary/aromatic N) is 1. The molecule has 1 aliphatic rings. The van der Waals surface area contributed by atoms with Crippen LogP contribution in [0.5, 0.6) is 0 Å². The highest BCUT2D eigenvalue weighted by atomic mass is 16.5. The molecule has 0 bridgehead atoms. The largest absolute Gasteiger partial charge is 0.371 e. The van der Waals surface area contributed by atoms with Crippen LogP contribution in [0.3, 0.4) is 0 Å². The van der Waals surface area contributed by atoms with Gasteiger partial charge in [-0.3, -0.25) is 4.98 Å². The van der Waals surface area contributed by atoms with Crippen LogP contribution in [-0.4, -0.2) is 24.7 Å². The molecule has 1 N–H and O–H groups in total. The fourth-order valence-electron chi connectivity index (χ4n) is 1.36. The quantitative estimate of drug-likeness (QED) is 0.664. The summed E-state index contributed by atoms with van der Waals surface area (Å²) >= 11 is 0. The lowest BCUT2D eigenvalue weighted by Crippen LogP contribution is -2.33. The van der Waals surface area contributed by atoms with Gasteiger partial charge in [0.2, 0.25) is 0 Å². The van der Waals surface area contributed by atoms with E-state index < -0.39 is 0 Å². The first-order chi connectivity index (χ1) is 5.97. The normalized spacial score (nSPS) is 23.8. The second-order valence-corrected chi connectivity index (χ2v) is 2.84. The first-order valence-electron chi connectivity index (χ1n) is 4.19. The van der Waals surface area contributed by atoms with Crippen LogP contribution >= 0.6 is 0 Å². The van der Waals surface area contributed by atoms with E-state index in [0.29, 0.717) is 0 Å². The van der Waals surface area contributed by atoms with Gasteiger partial charge in [-0.25, -0.2) is 0 Å². The highest BCUT2D eigenvalue weighted by Gasteiger charge is 2.14. The minimum Gasteiger partial charge on any atom is -0.371 e. The third kappa shape index (κ3) is 1.62. The van der Waals surface area contributed by atoms with E-state index in [1.807, 2.05) is 12.1 Å². The zero-order valence-electron chi connectivity index (χ0n) is 6.86. The average Bonchev–Trinajstić information content (AvgIpc) is 2.21. The Balaban J connectivity index is 2.08. The van der Waals surface area contributed by atoms with Crippen LogP contribution in [0.15, 0.2) is 24.5 Å². The minimum atomic E-state index is 0.210. The van der Waals surface area contributed by atoms with Crippen LogP contribution in [-0.2, 0) is 4.74 Å². The van der Waals surface area contributed by atoms with Crippen molar-refractivity contribution in [3.63, 3.8) is 0 Å². The van der Waals surface area contributed by atoms with E-state index in [2.05, 4.69) is 10.3 Å². The molecule has 0 unspecified atom stereocenters. The molecule has 0 spiro atoms. The van der Waals surface area contributed by atoms with Crippen LogP contribution in [0.2, 0.25) is 0 Å². The lowest BCUT2D eigenvalue weighted by molar-refractivity contribution is 0.0276. The summed E-state index contributed by atoms with van der Waals surface area (Å²) in [7, 11) is 0. The summed E-state index contributed by atoms with van der Waals surface area (Å²) in [5.41, 5.74) is 1.21. The molecule has 1 aromatic heterocycles. The van der Waals surface area contributed by atoms with Gasteiger partial charge in [-0.1, -0.05) is 0 Å². The van der Waals surface area contributed by atoms with E-state index in [4.69, 9.17) is 4.74 Å². The van der Waals surface area contributed by atoms with Crippen molar-refractivity contribution in [3.8, 4) is 0 Å². The fraction of sp³-hybridized carbons (Fsp3) is 0.444. The number of nitrogens with one attached hydrogen (secondary N) is 1. The Morgan fingerprint density at radius 1 is 1.42 bits per heavy atom. The van der Waals surface area contributed by atoms with Crippen molar-refractivity contribution < 1.29 is 4.74 Å². The molecule has 2 heterocycles. The number of aromatic nitrogens is 1. The molecule has 1 fully saturated rings. The van der Waals surface area contributed by atoms with Crippen LogP contribution in [0.1, 0.15) is 11.7 Å². The first-order valence-corrected chi connectivity index (χ1v) is 4.19. The third-order valence-corrected chi connectivity index (χ3v) is 2.01. The van der Waals surface area contributed by atoms with Crippen LogP contribution in [0.4, 0.5) is 0 Å². The van der Waals surface area contributed by atoms with Gasteiger partial charge in [0.15, 0.2) is 0 Å². The molecule has 3 heteroatoms. The highest BCUT2D eigenvalue weighted by molar-refractivity contribution is 5.14. The Kier molecular flexibility index (Phi) is 2.34. The molecule has 1 aromatic rings. The van der Waals surface area contributed by atoms with Gasteiger partial charge in [0.25, 0.3) is 0 Å². The Morgan fingerprint density at radius 3 is 2.92 bits per heavy atom. The predicted octanol–water partition coefficient (Wildman–Crippen LogP) is 0.742. The maximum atomic E-state index is 5.57. The van der Waals surface area contributed by atoms with Crippen molar-refractivity contribution in [2.75, 3.05) is 19.7 Å². The van der Waals surface area contributed by atoms with E-state index in [0.717, 1.165) is 19.7 Å². The number of hydrogen-bond acceptors (Lipinski definition) is 3. The van der Waals surface area contributed by atoms with Gasteiger partial charge in [0.1, 0.15) is 0 Å². The van der Waals surface area contributed by atoms with Crippen molar-refractivity contribution in [1.82, 2.24) is 10.3 Å². The molecule has 1 saturated heterocycles. The molecule has 12 heavy (non-hydrogen) atoms. The molecular formula is C9H12N2O. The lowest BCUT2D eigenvalue weighted by Gasteiger charge is -2.23. The number of hydrogen-bond donors (Lipinski definition) is 1. The number of rotatable bonds is 1. The van der Waals surface area contributed by atoms with Crippen molar-refractivity contribution >= 4 is 0 Å². The molecule has 0 radical (unpaired) electrons. The summed E-state index contributed by atoms with van der Waals surface area (Å²) in [5.74, 6) is 0. The summed E-state index contributed by atoms with van der Waals surface area (Å²) in [6.45, 7) is 2.67. The molecule has 0 aliphatic carbocycles. The Morgan fingerprint density at radius 2 is 2.25 bits per heavy atom. The maximum absolute atomic E-state index is 5.57.